The number of halogens is 6. The minimum absolute atomic E-state index is 0.00397. The number of ether oxygens (including phenoxy) is 1. The summed E-state index contributed by atoms with van der Waals surface area (Å²) in [5, 5.41) is 3.09. The highest BCUT2D eigenvalue weighted by Crippen LogP contribution is 2.43. The zero-order valence-electron chi connectivity index (χ0n) is 22.7. The maximum Gasteiger partial charge on any atom is 0.416 e. The number of alkyl halides is 6. The number of rotatable bonds is 10. The standard InChI is InChI=1S/C31H30F6N4O/c1-3-7-22(4-2)18-29(23-8-5-10-25(16-23)30(32,33)34,24-9-6-11-26(17-24)31(35,36)37)21-40-28-38-19-27(20-39-28)41-12-14-42-15-13-41/h3-11,16-17,19-20H,1-2,12-15,18,21H2,(H,38,39,40)/b22-7+. The number of nitrogens with zero attached hydrogens (tertiary/aromatic N) is 3. The molecule has 0 spiro atoms. The number of hydrogen-bond donors (Lipinski definition) is 1. The van der Waals surface area contributed by atoms with Crippen LogP contribution in [0.3, 0.4) is 0 Å². The van der Waals surface area contributed by atoms with Crippen molar-refractivity contribution in [1.82, 2.24) is 9.97 Å². The summed E-state index contributed by atoms with van der Waals surface area (Å²) < 4.78 is 88.4. The first-order valence-corrected chi connectivity index (χ1v) is 13.1. The predicted molar refractivity (Wildman–Crippen MR) is 150 cm³/mol. The smallest absolute Gasteiger partial charge is 0.378 e. The molecule has 1 fully saturated rings. The first-order valence-electron chi connectivity index (χ1n) is 13.1. The van der Waals surface area contributed by atoms with Gasteiger partial charge in [0.1, 0.15) is 0 Å². The lowest BCUT2D eigenvalue weighted by atomic mass is 9.69. The molecule has 0 amide bonds. The van der Waals surface area contributed by atoms with Crippen LogP contribution in [0.1, 0.15) is 28.7 Å². The van der Waals surface area contributed by atoms with Gasteiger partial charge in [-0.3, -0.25) is 0 Å². The predicted octanol–water partition coefficient (Wildman–Crippen LogP) is 7.44. The van der Waals surface area contributed by atoms with Crippen molar-refractivity contribution in [1.29, 1.82) is 0 Å². The molecular formula is C31H30F6N4O. The Bertz CT molecular complexity index is 1350. The quantitative estimate of drug-likeness (QED) is 0.197. The maximum absolute atomic E-state index is 13.8. The van der Waals surface area contributed by atoms with E-state index in [4.69, 9.17) is 4.74 Å². The Balaban J connectivity index is 1.84. The SMILES string of the molecule is C=C/C=C(\C=C)CC(CNc1ncc(N2CCOCC2)cn1)(c1cccc(C(F)(F)F)c1)c1cccc(C(F)(F)F)c1. The molecule has 1 aromatic heterocycles. The van der Waals surface area contributed by atoms with Crippen LogP contribution in [0.5, 0.6) is 0 Å². The van der Waals surface area contributed by atoms with Crippen molar-refractivity contribution in [2.45, 2.75) is 24.2 Å². The van der Waals surface area contributed by atoms with Gasteiger partial charge in [0, 0.05) is 25.0 Å². The zero-order chi connectivity index (χ0) is 30.4. The van der Waals surface area contributed by atoms with E-state index in [2.05, 4.69) is 33.3 Å². The first kappa shape index (κ1) is 30.8. The van der Waals surface area contributed by atoms with Crippen LogP contribution in [-0.4, -0.2) is 42.8 Å². The van der Waals surface area contributed by atoms with Gasteiger partial charge >= 0.3 is 12.4 Å². The minimum Gasteiger partial charge on any atom is -0.378 e. The Hall–Kier alpha value is -4.12. The molecule has 1 aliphatic rings. The van der Waals surface area contributed by atoms with Crippen LogP contribution in [0, 0.1) is 0 Å². The highest BCUT2D eigenvalue weighted by atomic mass is 19.4. The van der Waals surface area contributed by atoms with Gasteiger partial charge in [-0.25, -0.2) is 9.97 Å². The molecular weight excluding hydrogens is 558 g/mol. The maximum atomic E-state index is 13.8. The zero-order valence-corrected chi connectivity index (χ0v) is 22.7. The molecule has 222 valence electrons. The third kappa shape index (κ3) is 7.20. The summed E-state index contributed by atoms with van der Waals surface area (Å²) in [5.41, 5.74) is -1.63. The number of aromatic nitrogens is 2. The lowest BCUT2D eigenvalue weighted by Crippen LogP contribution is -2.37. The molecule has 1 saturated heterocycles. The second kappa shape index (κ2) is 12.8. The Kier molecular flexibility index (Phi) is 9.40. The molecule has 2 aromatic carbocycles. The van der Waals surface area contributed by atoms with Crippen molar-refractivity contribution in [3.05, 3.63) is 120 Å². The fraction of sp³-hybridized carbons (Fsp3) is 0.290. The summed E-state index contributed by atoms with van der Waals surface area (Å²) in [7, 11) is 0. The molecule has 2 heterocycles. The van der Waals surface area contributed by atoms with Gasteiger partial charge in [-0.15, -0.1) is 0 Å². The lowest BCUT2D eigenvalue weighted by Gasteiger charge is -2.37. The second-order valence-electron chi connectivity index (χ2n) is 9.82. The Morgan fingerprint density at radius 1 is 0.857 bits per heavy atom. The molecule has 0 saturated carbocycles. The van der Waals surface area contributed by atoms with Gasteiger partial charge in [0.2, 0.25) is 5.95 Å². The van der Waals surface area contributed by atoms with E-state index in [1.807, 2.05) is 0 Å². The average molecular weight is 589 g/mol. The van der Waals surface area contributed by atoms with Gasteiger partial charge in [-0.2, -0.15) is 26.3 Å². The van der Waals surface area contributed by atoms with Gasteiger partial charge < -0.3 is 15.0 Å². The molecule has 0 atom stereocenters. The van der Waals surface area contributed by atoms with Crippen molar-refractivity contribution in [3.8, 4) is 0 Å². The van der Waals surface area contributed by atoms with E-state index in [1.54, 1.807) is 18.5 Å². The lowest BCUT2D eigenvalue weighted by molar-refractivity contribution is -0.138. The highest BCUT2D eigenvalue weighted by molar-refractivity contribution is 5.49. The fourth-order valence-electron chi connectivity index (χ4n) is 4.95. The van der Waals surface area contributed by atoms with Crippen LogP contribution < -0.4 is 10.2 Å². The van der Waals surface area contributed by atoms with Crippen LogP contribution in [0.15, 0.2) is 97.9 Å². The van der Waals surface area contributed by atoms with E-state index in [1.165, 1.54) is 36.4 Å². The van der Waals surface area contributed by atoms with Crippen molar-refractivity contribution >= 4 is 11.6 Å². The van der Waals surface area contributed by atoms with E-state index in [9.17, 15) is 26.3 Å². The number of anilines is 2. The molecule has 42 heavy (non-hydrogen) atoms. The summed E-state index contributed by atoms with van der Waals surface area (Å²) in [6, 6.07) is 9.25. The summed E-state index contributed by atoms with van der Waals surface area (Å²) in [5.74, 6) is 0.170. The van der Waals surface area contributed by atoms with Gasteiger partial charge in [0.15, 0.2) is 0 Å². The molecule has 0 radical (unpaired) electrons. The third-order valence-corrected chi connectivity index (χ3v) is 7.15. The van der Waals surface area contributed by atoms with E-state index < -0.39 is 28.9 Å². The van der Waals surface area contributed by atoms with E-state index in [-0.39, 0.29) is 30.0 Å². The Morgan fingerprint density at radius 2 is 1.38 bits per heavy atom. The van der Waals surface area contributed by atoms with Crippen LogP contribution >= 0.6 is 0 Å². The van der Waals surface area contributed by atoms with Gasteiger partial charge in [-0.05, 0) is 35.3 Å². The molecule has 0 bridgehead atoms. The largest absolute Gasteiger partial charge is 0.416 e. The van der Waals surface area contributed by atoms with E-state index in [0.29, 0.717) is 31.9 Å². The third-order valence-electron chi connectivity index (χ3n) is 7.15. The van der Waals surface area contributed by atoms with Crippen LogP contribution in [0.4, 0.5) is 38.0 Å². The highest BCUT2D eigenvalue weighted by Gasteiger charge is 2.40. The summed E-state index contributed by atoms with van der Waals surface area (Å²) in [4.78, 5) is 10.8. The average Bonchev–Trinajstić information content (AvgIpc) is 2.99. The molecule has 0 unspecified atom stereocenters. The molecule has 3 aromatic rings. The second-order valence-corrected chi connectivity index (χ2v) is 9.82. The Morgan fingerprint density at radius 3 is 1.86 bits per heavy atom. The normalized spacial score (nSPS) is 14.9. The molecule has 0 aliphatic carbocycles. The van der Waals surface area contributed by atoms with Crippen LogP contribution in [-0.2, 0) is 22.5 Å². The minimum atomic E-state index is -4.67. The van der Waals surface area contributed by atoms with Crippen molar-refractivity contribution in [3.63, 3.8) is 0 Å². The van der Waals surface area contributed by atoms with Gasteiger partial charge in [0.25, 0.3) is 0 Å². The molecule has 11 heteroatoms. The molecule has 5 nitrogen and oxygen atoms in total. The van der Waals surface area contributed by atoms with Crippen molar-refractivity contribution in [2.75, 3.05) is 43.1 Å². The first-order chi connectivity index (χ1) is 20.0. The Labute approximate surface area is 240 Å². The van der Waals surface area contributed by atoms with Crippen LogP contribution in [0.2, 0.25) is 0 Å². The van der Waals surface area contributed by atoms with Gasteiger partial charge in [0.05, 0.1) is 42.4 Å². The molecule has 4 rings (SSSR count). The van der Waals surface area contributed by atoms with Crippen LogP contribution in [0.25, 0.3) is 0 Å². The number of hydrogen-bond acceptors (Lipinski definition) is 5. The number of morpholine rings is 1. The molecule has 1 N–H and O–H groups in total. The fourth-order valence-corrected chi connectivity index (χ4v) is 4.95. The number of allylic oxidation sites excluding steroid dienone is 4. The number of nitrogens with one attached hydrogen (secondary N) is 1. The van der Waals surface area contributed by atoms with Crippen molar-refractivity contribution < 1.29 is 31.1 Å². The van der Waals surface area contributed by atoms with E-state index in [0.717, 1.165) is 30.0 Å². The van der Waals surface area contributed by atoms with E-state index >= 15 is 0 Å². The topological polar surface area (TPSA) is 50.3 Å². The monoisotopic (exact) mass is 588 g/mol. The molecule has 1 aliphatic heterocycles. The van der Waals surface area contributed by atoms with Gasteiger partial charge in [-0.1, -0.05) is 67.8 Å². The number of benzene rings is 2. The summed E-state index contributed by atoms with van der Waals surface area (Å²) >= 11 is 0. The summed E-state index contributed by atoms with van der Waals surface area (Å²) in [6.07, 6.45) is -1.49. The summed E-state index contributed by atoms with van der Waals surface area (Å²) in [6.45, 7) is 9.84. The van der Waals surface area contributed by atoms with Crippen molar-refractivity contribution in [2.24, 2.45) is 0 Å².